The van der Waals surface area contributed by atoms with Gasteiger partial charge in [0, 0.05) is 29.6 Å². The summed E-state index contributed by atoms with van der Waals surface area (Å²) in [5, 5.41) is 0. The summed E-state index contributed by atoms with van der Waals surface area (Å²) in [6.45, 7) is 6.45. The molecule has 25 heavy (non-hydrogen) atoms. The highest BCUT2D eigenvalue weighted by atomic mass is 16.5. The maximum Gasteiger partial charge on any atom is 0.248 e. The van der Waals surface area contributed by atoms with Crippen molar-refractivity contribution in [2.45, 2.75) is 26.8 Å². The number of ether oxygens (including phenoxy) is 2. The van der Waals surface area contributed by atoms with Crippen LogP contribution in [0.2, 0.25) is 0 Å². The average Bonchev–Trinajstić information content (AvgIpc) is 2.88. The van der Waals surface area contributed by atoms with E-state index in [0.29, 0.717) is 23.5 Å². The van der Waals surface area contributed by atoms with Crippen LogP contribution < -0.4 is 10.5 Å². The fourth-order valence-corrected chi connectivity index (χ4v) is 3.00. The molecule has 134 valence electrons. The van der Waals surface area contributed by atoms with Gasteiger partial charge < -0.3 is 19.8 Å². The van der Waals surface area contributed by atoms with Gasteiger partial charge in [0.1, 0.15) is 5.75 Å². The van der Waals surface area contributed by atoms with E-state index in [-0.39, 0.29) is 18.4 Å². The van der Waals surface area contributed by atoms with Crippen molar-refractivity contribution in [3.05, 3.63) is 52.8 Å². The summed E-state index contributed by atoms with van der Waals surface area (Å²) in [4.78, 5) is 23.6. The molecule has 1 heterocycles. The Morgan fingerprint density at radius 3 is 2.40 bits per heavy atom. The number of benzene rings is 1. The number of hydrogen-bond acceptors (Lipinski definition) is 4. The summed E-state index contributed by atoms with van der Waals surface area (Å²) in [7, 11) is 1.66. The quantitative estimate of drug-likeness (QED) is 0.746. The van der Waals surface area contributed by atoms with Gasteiger partial charge in [-0.2, -0.15) is 0 Å². The van der Waals surface area contributed by atoms with Gasteiger partial charge in [-0.1, -0.05) is 0 Å². The van der Waals surface area contributed by atoms with Crippen molar-refractivity contribution in [3.8, 4) is 5.75 Å². The Morgan fingerprint density at radius 1 is 1.20 bits per heavy atom. The lowest BCUT2D eigenvalue weighted by Gasteiger charge is -2.17. The first-order valence-electron chi connectivity index (χ1n) is 8.08. The van der Waals surface area contributed by atoms with Crippen LogP contribution in [0.4, 0.5) is 0 Å². The van der Waals surface area contributed by atoms with Gasteiger partial charge in [-0.15, -0.1) is 0 Å². The molecular weight excluding hydrogens is 320 g/mol. The van der Waals surface area contributed by atoms with E-state index >= 15 is 0 Å². The molecule has 0 unspecified atom stereocenters. The van der Waals surface area contributed by atoms with Gasteiger partial charge in [0.05, 0.1) is 12.6 Å². The van der Waals surface area contributed by atoms with Crippen molar-refractivity contribution in [1.82, 2.24) is 4.57 Å². The second-order valence-electron chi connectivity index (χ2n) is 6.06. The van der Waals surface area contributed by atoms with Crippen LogP contribution >= 0.6 is 0 Å². The standard InChI is InChI=1S/C19H24N2O4/c1-12-9-17(14(3)21(12)13(2)10-24-4)18(22)11-25-16-7-5-15(6-8-16)19(20)23/h5-9,13H,10-11H2,1-4H3,(H2,20,23)/t13-/m1/s1. The van der Waals surface area contributed by atoms with E-state index < -0.39 is 5.91 Å². The molecule has 0 fully saturated rings. The maximum atomic E-state index is 12.5. The molecule has 0 aliphatic rings. The molecule has 1 atom stereocenters. The largest absolute Gasteiger partial charge is 0.485 e. The van der Waals surface area contributed by atoms with Crippen LogP contribution in [0.3, 0.4) is 0 Å². The molecule has 0 saturated carbocycles. The molecule has 0 radical (unpaired) electrons. The van der Waals surface area contributed by atoms with Crippen molar-refractivity contribution in [2.24, 2.45) is 5.73 Å². The van der Waals surface area contributed by atoms with Gasteiger partial charge >= 0.3 is 0 Å². The van der Waals surface area contributed by atoms with Crippen molar-refractivity contribution in [1.29, 1.82) is 0 Å². The Hall–Kier alpha value is -2.60. The second kappa shape index (κ2) is 7.98. The van der Waals surface area contributed by atoms with Gasteiger partial charge in [-0.05, 0) is 51.1 Å². The first-order chi connectivity index (χ1) is 11.8. The molecule has 6 heteroatoms. The molecule has 0 aliphatic carbocycles. The second-order valence-corrected chi connectivity index (χ2v) is 6.06. The topological polar surface area (TPSA) is 83.6 Å². The number of aromatic nitrogens is 1. The highest BCUT2D eigenvalue weighted by Crippen LogP contribution is 2.21. The Labute approximate surface area is 147 Å². The SMILES string of the molecule is COC[C@@H](C)n1c(C)cc(C(=O)COc2ccc(C(N)=O)cc2)c1C. The van der Waals surface area contributed by atoms with Crippen LogP contribution in [0, 0.1) is 13.8 Å². The zero-order chi connectivity index (χ0) is 18.6. The van der Waals surface area contributed by atoms with Crippen molar-refractivity contribution >= 4 is 11.7 Å². The van der Waals surface area contributed by atoms with Crippen molar-refractivity contribution in [3.63, 3.8) is 0 Å². The van der Waals surface area contributed by atoms with Crippen LogP contribution in [0.15, 0.2) is 30.3 Å². The number of carbonyl (C=O) groups excluding carboxylic acids is 2. The molecule has 0 saturated heterocycles. The van der Waals surface area contributed by atoms with E-state index in [1.165, 1.54) is 0 Å². The third-order valence-corrected chi connectivity index (χ3v) is 4.14. The third-order valence-electron chi connectivity index (χ3n) is 4.14. The maximum absolute atomic E-state index is 12.5. The molecule has 6 nitrogen and oxygen atoms in total. The number of hydrogen-bond donors (Lipinski definition) is 1. The Balaban J connectivity index is 2.08. The minimum atomic E-state index is -0.500. The van der Waals surface area contributed by atoms with Crippen LogP contribution in [0.1, 0.15) is 45.1 Å². The number of methoxy groups -OCH3 is 1. The minimum absolute atomic E-state index is 0.0706. The number of aryl methyl sites for hydroxylation is 1. The average molecular weight is 344 g/mol. The molecule has 2 N–H and O–H groups in total. The molecule has 2 rings (SSSR count). The normalized spacial score (nSPS) is 12.0. The third kappa shape index (κ3) is 4.28. The number of amides is 1. The molecular formula is C19H24N2O4. The highest BCUT2D eigenvalue weighted by Gasteiger charge is 2.19. The molecule has 1 aromatic carbocycles. The van der Waals surface area contributed by atoms with Gasteiger partial charge in [-0.25, -0.2) is 0 Å². The van der Waals surface area contributed by atoms with Crippen LogP contribution in [-0.2, 0) is 4.74 Å². The number of rotatable bonds is 8. The first kappa shape index (κ1) is 18.7. The fraction of sp³-hybridized carbons (Fsp3) is 0.368. The Morgan fingerprint density at radius 2 is 1.84 bits per heavy atom. The van der Waals surface area contributed by atoms with Gasteiger partial charge in [0.15, 0.2) is 6.61 Å². The first-order valence-corrected chi connectivity index (χ1v) is 8.08. The lowest BCUT2D eigenvalue weighted by molar-refractivity contribution is 0.0919. The molecule has 0 spiro atoms. The Bertz CT molecular complexity index is 762. The smallest absolute Gasteiger partial charge is 0.248 e. The molecule has 0 aliphatic heterocycles. The van der Waals surface area contributed by atoms with Gasteiger partial charge in [0.25, 0.3) is 0 Å². The van der Waals surface area contributed by atoms with E-state index in [4.69, 9.17) is 15.2 Å². The van der Waals surface area contributed by atoms with E-state index in [1.807, 2.05) is 19.9 Å². The summed E-state index contributed by atoms with van der Waals surface area (Å²) >= 11 is 0. The predicted octanol–water partition coefficient (Wildman–Crippen LogP) is 2.67. The fourth-order valence-electron chi connectivity index (χ4n) is 3.00. The number of primary amides is 1. The molecule has 2 aromatic rings. The summed E-state index contributed by atoms with van der Waals surface area (Å²) in [5.74, 6) is -0.0805. The summed E-state index contributed by atoms with van der Waals surface area (Å²) in [5.41, 5.74) is 8.15. The minimum Gasteiger partial charge on any atom is -0.485 e. The molecule has 0 bridgehead atoms. The van der Waals surface area contributed by atoms with Crippen LogP contribution in [0.25, 0.3) is 0 Å². The predicted molar refractivity (Wildman–Crippen MR) is 95.3 cm³/mol. The van der Waals surface area contributed by atoms with Crippen molar-refractivity contribution in [2.75, 3.05) is 20.3 Å². The number of carbonyl (C=O) groups is 2. The zero-order valence-corrected chi connectivity index (χ0v) is 15.0. The van der Waals surface area contributed by atoms with Crippen LogP contribution in [-0.4, -0.2) is 36.6 Å². The molecule has 1 aromatic heterocycles. The Kier molecular flexibility index (Phi) is 5.98. The number of nitrogens with two attached hydrogens (primary N) is 1. The van der Waals surface area contributed by atoms with E-state index in [2.05, 4.69) is 11.5 Å². The highest BCUT2D eigenvalue weighted by molar-refractivity contribution is 5.98. The van der Waals surface area contributed by atoms with E-state index in [1.54, 1.807) is 31.4 Å². The summed E-state index contributed by atoms with van der Waals surface area (Å²) < 4.78 is 12.8. The van der Waals surface area contributed by atoms with Gasteiger partial charge in [-0.3, -0.25) is 9.59 Å². The van der Waals surface area contributed by atoms with Gasteiger partial charge in [0.2, 0.25) is 11.7 Å². The number of nitrogens with zero attached hydrogens (tertiary/aromatic N) is 1. The van der Waals surface area contributed by atoms with E-state index in [9.17, 15) is 9.59 Å². The lowest BCUT2D eigenvalue weighted by atomic mass is 10.1. The van der Waals surface area contributed by atoms with Crippen molar-refractivity contribution < 1.29 is 19.1 Å². The monoisotopic (exact) mass is 344 g/mol. The van der Waals surface area contributed by atoms with Crippen LogP contribution in [0.5, 0.6) is 5.75 Å². The van der Waals surface area contributed by atoms with E-state index in [0.717, 1.165) is 11.4 Å². The number of ketones is 1. The summed E-state index contributed by atoms with van der Waals surface area (Å²) in [6.07, 6.45) is 0. The zero-order valence-electron chi connectivity index (χ0n) is 15.0. The summed E-state index contributed by atoms with van der Waals surface area (Å²) in [6, 6.07) is 8.41. The lowest BCUT2D eigenvalue weighted by Crippen LogP contribution is -2.16. The number of Topliss-reactive ketones (excluding diaryl/α,β-unsaturated/α-hetero) is 1. The molecule has 1 amide bonds.